The predicted molar refractivity (Wildman–Crippen MR) is 142 cm³/mol. The minimum atomic E-state index is -1.69. The lowest BCUT2D eigenvalue weighted by Crippen LogP contribution is -2.33. The van der Waals surface area contributed by atoms with E-state index in [1.54, 1.807) is 0 Å². The Morgan fingerprint density at radius 1 is 0.516 bits per heavy atom. The van der Waals surface area contributed by atoms with Crippen LogP contribution in [0, 0.1) is 0 Å². The molecule has 0 aliphatic carbocycles. The quantitative estimate of drug-likeness (QED) is 0.160. The average Bonchev–Trinajstić information content (AvgIpc) is 2.84. The molecular formula is C30H36P+. The molecule has 0 saturated heterocycles. The van der Waals surface area contributed by atoms with E-state index in [2.05, 4.69) is 122 Å². The van der Waals surface area contributed by atoms with Crippen molar-refractivity contribution < 1.29 is 0 Å². The van der Waals surface area contributed by atoms with Crippen LogP contribution in [-0.4, -0.2) is 6.16 Å². The van der Waals surface area contributed by atoms with E-state index in [1.807, 2.05) is 0 Å². The number of hydrogen-bond donors (Lipinski definition) is 0. The zero-order valence-corrected chi connectivity index (χ0v) is 19.8. The number of rotatable bonds is 12. The Kier molecular flexibility index (Phi) is 9.81. The highest BCUT2D eigenvalue weighted by Gasteiger charge is 2.44. The maximum Gasteiger partial charge on any atom is 0.112 e. The van der Waals surface area contributed by atoms with Crippen LogP contribution in [0.2, 0.25) is 0 Å². The van der Waals surface area contributed by atoms with E-state index in [-0.39, 0.29) is 0 Å². The number of allylic oxidation sites excluding steroid dienone is 4. The Balaban J connectivity index is 1.79. The van der Waals surface area contributed by atoms with Gasteiger partial charge in [0.2, 0.25) is 0 Å². The first-order valence-electron chi connectivity index (χ1n) is 11.7. The molecule has 0 aliphatic rings. The van der Waals surface area contributed by atoms with Gasteiger partial charge in [-0.05, 0) is 68.5 Å². The summed E-state index contributed by atoms with van der Waals surface area (Å²) in [7, 11) is -1.69. The summed E-state index contributed by atoms with van der Waals surface area (Å²) in [4.78, 5) is 0. The van der Waals surface area contributed by atoms with Gasteiger partial charge in [0.15, 0.2) is 0 Å². The van der Waals surface area contributed by atoms with Crippen molar-refractivity contribution in [1.29, 1.82) is 0 Å². The normalized spacial score (nSPS) is 12.0. The molecule has 0 amide bonds. The van der Waals surface area contributed by atoms with Crippen LogP contribution in [0.1, 0.15) is 45.4 Å². The molecule has 0 spiro atoms. The fourth-order valence-electron chi connectivity index (χ4n) is 4.19. The van der Waals surface area contributed by atoms with Gasteiger partial charge in [0, 0.05) is 6.42 Å². The molecular weight excluding hydrogens is 391 g/mol. The van der Waals surface area contributed by atoms with E-state index in [1.165, 1.54) is 47.8 Å². The Labute approximate surface area is 190 Å². The van der Waals surface area contributed by atoms with E-state index in [4.69, 9.17) is 0 Å². The Bertz CT molecular complexity index is 814. The lowest BCUT2D eigenvalue weighted by Gasteiger charge is -2.27. The highest BCUT2D eigenvalue weighted by Crippen LogP contribution is 2.55. The van der Waals surface area contributed by atoms with Crippen LogP contribution in [0.4, 0.5) is 0 Å². The Morgan fingerprint density at radius 2 is 0.903 bits per heavy atom. The molecule has 0 radical (unpaired) electrons. The molecule has 0 nitrogen and oxygen atoms in total. The Hall–Kier alpha value is -2.43. The minimum Gasteiger partial charge on any atom is -0.0888 e. The summed E-state index contributed by atoms with van der Waals surface area (Å²) in [6.45, 7) is 2.20. The molecule has 160 valence electrons. The molecule has 0 bridgehead atoms. The molecule has 3 aromatic rings. The molecule has 3 aromatic carbocycles. The second-order valence-corrected chi connectivity index (χ2v) is 11.6. The van der Waals surface area contributed by atoms with Gasteiger partial charge in [-0.15, -0.1) is 0 Å². The van der Waals surface area contributed by atoms with E-state index < -0.39 is 7.26 Å². The largest absolute Gasteiger partial charge is 0.112 e. The number of unbranched alkanes of at least 4 members (excludes halogenated alkanes) is 3. The maximum atomic E-state index is 2.42. The second-order valence-electron chi connectivity index (χ2n) is 7.96. The molecule has 0 aromatic heterocycles. The molecule has 0 unspecified atom stereocenters. The van der Waals surface area contributed by atoms with Crippen LogP contribution in [-0.2, 0) is 0 Å². The summed E-state index contributed by atoms with van der Waals surface area (Å²) in [5.74, 6) is 0. The first kappa shape index (κ1) is 23.2. The van der Waals surface area contributed by atoms with Gasteiger partial charge in [-0.1, -0.05) is 85.8 Å². The van der Waals surface area contributed by atoms with Crippen molar-refractivity contribution in [2.75, 3.05) is 6.16 Å². The van der Waals surface area contributed by atoms with Gasteiger partial charge in [0.05, 0.1) is 6.16 Å². The lowest BCUT2D eigenvalue weighted by atomic mass is 10.1. The fraction of sp³-hybridized carbons (Fsp3) is 0.267. The van der Waals surface area contributed by atoms with Crippen molar-refractivity contribution in [2.45, 2.75) is 45.4 Å². The monoisotopic (exact) mass is 427 g/mol. The van der Waals surface area contributed by atoms with Gasteiger partial charge in [-0.3, -0.25) is 0 Å². The number of benzene rings is 3. The van der Waals surface area contributed by atoms with Gasteiger partial charge in [0.25, 0.3) is 0 Å². The first-order valence-corrected chi connectivity index (χ1v) is 13.7. The zero-order valence-electron chi connectivity index (χ0n) is 18.9. The van der Waals surface area contributed by atoms with Crippen molar-refractivity contribution in [3.63, 3.8) is 0 Å². The van der Waals surface area contributed by atoms with Crippen molar-refractivity contribution in [1.82, 2.24) is 0 Å². The molecule has 0 saturated carbocycles. The van der Waals surface area contributed by atoms with Crippen LogP contribution < -0.4 is 15.9 Å². The van der Waals surface area contributed by atoms with Crippen molar-refractivity contribution in [3.05, 3.63) is 115 Å². The minimum absolute atomic E-state index is 1.11. The SMILES string of the molecule is CC/C=C\CCCC/C=C\CC[P+](c1ccccc1)(c1ccccc1)c1ccccc1. The van der Waals surface area contributed by atoms with Crippen molar-refractivity contribution in [2.24, 2.45) is 0 Å². The molecule has 0 aliphatic heterocycles. The lowest BCUT2D eigenvalue weighted by molar-refractivity contribution is 0.759. The first-order chi connectivity index (χ1) is 15.4. The van der Waals surface area contributed by atoms with Crippen molar-refractivity contribution in [3.8, 4) is 0 Å². The van der Waals surface area contributed by atoms with Crippen LogP contribution in [0.5, 0.6) is 0 Å². The number of hydrogen-bond acceptors (Lipinski definition) is 0. The molecule has 31 heavy (non-hydrogen) atoms. The zero-order chi connectivity index (χ0) is 21.6. The van der Waals surface area contributed by atoms with Crippen LogP contribution in [0.25, 0.3) is 0 Å². The molecule has 0 atom stereocenters. The van der Waals surface area contributed by atoms with Crippen LogP contribution in [0.3, 0.4) is 0 Å². The van der Waals surface area contributed by atoms with E-state index >= 15 is 0 Å². The summed E-state index contributed by atoms with van der Waals surface area (Å²) < 4.78 is 0. The molecule has 0 N–H and O–H groups in total. The highest BCUT2D eigenvalue weighted by atomic mass is 31.2. The Morgan fingerprint density at radius 3 is 1.32 bits per heavy atom. The third-order valence-electron chi connectivity index (χ3n) is 5.78. The van der Waals surface area contributed by atoms with Gasteiger partial charge in [-0.25, -0.2) is 0 Å². The molecule has 1 heteroatoms. The smallest absolute Gasteiger partial charge is 0.0888 e. The molecule has 3 rings (SSSR count). The summed E-state index contributed by atoms with van der Waals surface area (Å²) in [6, 6.07) is 33.6. The third-order valence-corrected chi connectivity index (χ3v) is 10.3. The van der Waals surface area contributed by atoms with Gasteiger partial charge in [0.1, 0.15) is 23.2 Å². The molecule has 0 heterocycles. The summed E-state index contributed by atoms with van der Waals surface area (Å²) >= 11 is 0. The van der Waals surface area contributed by atoms with Gasteiger partial charge >= 0.3 is 0 Å². The van der Waals surface area contributed by atoms with E-state index in [0.29, 0.717) is 0 Å². The third kappa shape index (κ3) is 6.52. The fourth-order valence-corrected chi connectivity index (χ4v) is 8.44. The summed E-state index contributed by atoms with van der Waals surface area (Å²) in [5, 5.41) is 4.43. The van der Waals surface area contributed by atoms with Crippen LogP contribution >= 0.6 is 7.26 Å². The average molecular weight is 428 g/mol. The molecule has 0 fully saturated rings. The van der Waals surface area contributed by atoms with Crippen LogP contribution in [0.15, 0.2) is 115 Å². The van der Waals surface area contributed by atoms with E-state index in [9.17, 15) is 0 Å². The standard InChI is InChI=1S/C30H36P/c1-2-3-4-5-6-7-8-9-10-20-27-31(28-21-14-11-15-22-28,29-23-16-12-17-24-29)30-25-18-13-19-26-30/h3-4,9-19,21-26H,2,5-8,20,27H2,1H3/q+1/b4-3-,10-9-. The second kappa shape index (κ2) is 13.1. The van der Waals surface area contributed by atoms with E-state index in [0.717, 1.165) is 12.8 Å². The highest BCUT2D eigenvalue weighted by molar-refractivity contribution is 7.95. The maximum absolute atomic E-state index is 2.42. The summed E-state index contributed by atoms with van der Waals surface area (Å²) in [5.41, 5.74) is 0. The predicted octanol–water partition coefficient (Wildman–Crippen LogP) is 7.45. The summed E-state index contributed by atoms with van der Waals surface area (Å²) in [6.07, 6.45) is 17.8. The topological polar surface area (TPSA) is 0 Å². The van der Waals surface area contributed by atoms with Gasteiger partial charge in [-0.2, -0.15) is 0 Å². The van der Waals surface area contributed by atoms with Crippen molar-refractivity contribution >= 4 is 23.2 Å². The van der Waals surface area contributed by atoms with Gasteiger partial charge < -0.3 is 0 Å².